The van der Waals surface area contributed by atoms with Gasteiger partial charge in [0.15, 0.2) is 0 Å². The summed E-state index contributed by atoms with van der Waals surface area (Å²) in [5, 5.41) is 6.81. The van der Waals surface area contributed by atoms with Gasteiger partial charge < -0.3 is 15.5 Å². The number of rotatable bonds is 4. The van der Waals surface area contributed by atoms with E-state index < -0.39 is 30.7 Å². The Morgan fingerprint density at radius 1 is 1.18 bits per heavy atom. The van der Waals surface area contributed by atoms with E-state index >= 15 is 0 Å². The third kappa shape index (κ3) is 4.55. The lowest BCUT2D eigenvalue weighted by atomic mass is 10.00. The van der Waals surface area contributed by atoms with Gasteiger partial charge in [0.2, 0.25) is 5.91 Å². The van der Waals surface area contributed by atoms with Gasteiger partial charge >= 0.3 is 12.2 Å². The second-order valence-electron chi connectivity index (χ2n) is 6.92. The Morgan fingerprint density at radius 3 is 2.64 bits per heavy atom. The highest BCUT2D eigenvalue weighted by Gasteiger charge is 2.36. The van der Waals surface area contributed by atoms with Crippen molar-refractivity contribution in [2.75, 3.05) is 13.1 Å². The summed E-state index contributed by atoms with van der Waals surface area (Å²) < 4.78 is 37.0. The molecule has 1 aliphatic heterocycles. The largest absolute Gasteiger partial charge is 0.405 e. The highest BCUT2D eigenvalue weighted by atomic mass is 19.4. The van der Waals surface area contributed by atoms with Gasteiger partial charge in [-0.05, 0) is 36.1 Å². The predicted molar refractivity (Wildman–Crippen MR) is 99.7 cm³/mol. The van der Waals surface area contributed by atoms with Crippen molar-refractivity contribution in [2.45, 2.75) is 38.0 Å². The maximum absolute atomic E-state index is 12.7. The van der Waals surface area contributed by atoms with E-state index in [2.05, 4.69) is 5.32 Å². The van der Waals surface area contributed by atoms with Crippen LogP contribution in [-0.2, 0) is 4.79 Å². The molecule has 1 aliphatic rings. The Hall–Kier alpha value is -2.77. The van der Waals surface area contributed by atoms with Gasteiger partial charge in [-0.1, -0.05) is 42.5 Å². The molecule has 0 aromatic heterocycles. The lowest BCUT2D eigenvalue weighted by molar-refractivity contribution is -0.140. The van der Waals surface area contributed by atoms with Gasteiger partial charge in [-0.2, -0.15) is 13.2 Å². The first kappa shape index (κ1) is 20.0. The summed E-state index contributed by atoms with van der Waals surface area (Å²) in [5.41, 5.74) is 0.934. The number of fused-ring (bicyclic) bond motifs is 1. The topological polar surface area (TPSA) is 61.4 Å². The third-order valence-corrected chi connectivity index (χ3v) is 4.91. The third-order valence-electron chi connectivity index (χ3n) is 4.91. The van der Waals surface area contributed by atoms with Crippen molar-refractivity contribution in [1.29, 1.82) is 0 Å². The summed E-state index contributed by atoms with van der Waals surface area (Å²) in [6.07, 6.45) is -3.57. The van der Waals surface area contributed by atoms with E-state index in [1.165, 1.54) is 4.90 Å². The van der Waals surface area contributed by atoms with E-state index in [-0.39, 0.29) is 6.04 Å². The molecule has 2 aromatic rings. The zero-order valence-corrected chi connectivity index (χ0v) is 15.4. The Kier molecular flexibility index (Phi) is 5.76. The monoisotopic (exact) mass is 393 g/mol. The van der Waals surface area contributed by atoms with E-state index in [9.17, 15) is 22.8 Å². The minimum Gasteiger partial charge on any atom is -0.345 e. The number of carbonyl (C=O) groups excluding carboxylic acids is 2. The van der Waals surface area contributed by atoms with Crippen molar-refractivity contribution < 1.29 is 22.8 Å². The summed E-state index contributed by atoms with van der Waals surface area (Å²) in [6.45, 7) is 0.775. The number of halogens is 3. The Bertz CT molecular complexity index is 864. The zero-order valence-electron chi connectivity index (χ0n) is 15.4. The van der Waals surface area contributed by atoms with E-state index in [1.807, 2.05) is 54.7 Å². The average molecular weight is 393 g/mol. The highest BCUT2D eigenvalue weighted by molar-refractivity contribution is 5.89. The van der Waals surface area contributed by atoms with Crippen molar-refractivity contribution in [1.82, 2.24) is 15.5 Å². The van der Waals surface area contributed by atoms with Crippen LogP contribution in [0.2, 0.25) is 0 Å². The summed E-state index contributed by atoms with van der Waals surface area (Å²) in [5.74, 6) is -0.775. The molecule has 3 amide bonds. The molecule has 2 unspecified atom stereocenters. The highest BCUT2D eigenvalue weighted by Crippen LogP contribution is 2.25. The van der Waals surface area contributed by atoms with E-state index in [4.69, 9.17) is 0 Å². The van der Waals surface area contributed by atoms with Crippen LogP contribution < -0.4 is 10.6 Å². The van der Waals surface area contributed by atoms with Crippen LogP contribution in [-0.4, -0.2) is 42.1 Å². The van der Waals surface area contributed by atoms with Gasteiger partial charge in [0.05, 0.1) is 6.04 Å². The number of nitrogens with one attached hydrogen (secondary N) is 2. The van der Waals surface area contributed by atoms with Gasteiger partial charge in [-0.3, -0.25) is 4.79 Å². The molecule has 28 heavy (non-hydrogen) atoms. The first-order chi connectivity index (χ1) is 13.3. The first-order valence-electron chi connectivity index (χ1n) is 9.15. The minimum absolute atomic E-state index is 0.321. The molecule has 2 atom stereocenters. The lowest BCUT2D eigenvalue weighted by Gasteiger charge is -2.26. The lowest BCUT2D eigenvalue weighted by Crippen LogP contribution is -2.51. The molecule has 1 fully saturated rings. The van der Waals surface area contributed by atoms with Crippen molar-refractivity contribution >= 4 is 22.7 Å². The molecular weight excluding hydrogens is 371 g/mol. The van der Waals surface area contributed by atoms with Crippen LogP contribution in [0.15, 0.2) is 42.5 Å². The Balaban J connectivity index is 1.68. The second kappa shape index (κ2) is 8.08. The molecule has 0 radical (unpaired) electrons. The number of hydrogen-bond donors (Lipinski definition) is 2. The number of amides is 3. The van der Waals surface area contributed by atoms with Crippen LogP contribution >= 0.6 is 0 Å². The molecule has 2 aromatic carbocycles. The molecule has 1 heterocycles. The number of hydrogen-bond acceptors (Lipinski definition) is 2. The fourth-order valence-corrected chi connectivity index (χ4v) is 3.56. The van der Waals surface area contributed by atoms with Crippen molar-refractivity contribution in [3.8, 4) is 0 Å². The normalized spacial score (nSPS) is 18.1. The number of benzene rings is 2. The zero-order chi connectivity index (χ0) is 20.3. The van der Waals surface area contributed by atoms with E-state index in [1.54, 1.807) is 0 Å². The molecule has 3 rings (SSSR count). The van der Waals surface area contributed by atoms with Gasteiger partial charge in [-0.15, -0.1) is 0 Å². The van der Waals surface area contributed by atoms with Gasteiger partial charge in [0, 0.05) is 6.54 Å². The van der Waals surface area contributed by atoms with Crippen LogP contribution in [0.1, 0.15) is 31.4 Å². The second-order valence-corrected chi connectivity index (χ2v) is 6.92. The molecule has 1 saturated heterocycles. The van der Waals surface area contributed by atoms with Crippen molar-refractivity contribution in [2.24, 2.45) is 0 Å². The SMILES string of the molecule is CC(NC(=O)N1CCCC1C(=O)NCC(F)(F)F)c1cccc2ccccc12. The molecule has 8 heteroatoms. The predicted octanol–water partition coefficient (Wildman–Crippen LogP) is 3.75. The summed E-state index contributed by atoms with van der Waals surface area (Å²) in [7, 11) is 0. The molecule has 5 nitrogen and oxygen atoms in total. The molecule has 0 bridgehead atoms. The van der Waals surface area contributed by atoms with Crippen molar-refractivity contribution in [3.63, 3.8) is 0 Å². The average Bonchev–Trinajstić information content (AvgIpc) is 3.15. The maximum Gasteiger partial charge on any atom is 0.405 e. The Labute approximate surface area is 160 Å². The van der Waals surface area contributed by atoms with Crippen LogP contribution in [0.5, 0.6) is 0 Å². The first-order valence-corrected chi connectivity index (χ1v) is 9.15. The van der Waals surface area contributed by atoms with Gasteiger partial charge in [0.1, 0.15) is 12.6 Å². The smallest absolute Gasteiger partial charge is 0.345 e. The number of nitrogens with zero attached hydrogens (tertiary/aromatic N) is 1. The Morgan fingerprint density at radius 2 is 1.89 bits per heavy atom. The maximum atomic E-state index is 12.7. The minimum atomic E-state index is -4.48. The van der Waals surface area contributed by atoms with E-state index in [0.717, 1.165) is 16.3 Å². The van der Waals surface area contributed by atoms with Crippen LogP contribution in [0.25, 0.3) is 10.8 Å². The molecule has 0 saturated carbocycles. The van der Waals surface area contributed by atoms with Gasteiger partial charge in [0.25, 0.3) is 0 Å². The van der Waals surface area contributed by atoms with E-state index in [0.29, 0.717) is 19.4 Å². The fourth-order valence-electron chi connectivity index (χ4n) is 3.56. The quantitative estimate of drug-likeness (QED) is 0.831. The molecular formula is C20H22F3N3O2. The van der Waals surface area contributed by atoms with Crippen molar-refractivity contribution in [3.05, 3.63) is 48.0 Å². The number of alkyl halides is 3. The summed E-state index contributed by atoms with van der Waals surface area (Å²) in [6, 6.07) is 11.9. The standard InChI is InChI=1S/C20H22F3N3O2/c1-13(15-9-4-7-14-6-2-3-8-16(14)15)25-19(28)26-11-5-10-17(26)18(27)24-12-20(21,22)23/h2-4,6-9,13,17H,5,10-12H2,1H3,(H,24,27)(H,25,28). The molecule has 0 spiro atoms. The molecule has 0 aliphatic carbocycles. The van der Waals surface area contributed by atoms with Crippen LogP contribution in [0.3, 0.4) is 0 Å². The molecule has 2 N–H and O–H groups in total. The number of urea groups is 1. The fraction of sp³-hybridized carbons (Fsp3) is 0.400. The van der Waals surface area contributed by atoms with Gasteiger partial charge in [-0.25, -0.2) is 4.79 Å². The molecule has 150 valence electrons. The number of likely N-dealkylation sites (tertiary alicyclic amines) is 1. The summed E-state index contributed by atoms with van der Waals surface area (Å²) in [4.78, 5) is 26.1. The summed E-state index contributed by atoms with van der Waals surface area (Å²) >= 11 is 0. The van der Waals surface area contributed by atoms with Crippen LogP contribution in [0, 0.1) is 0 Å². The van der Waals surface area contributed by atoms with Crippen LogP contribution in [0.4, 0.5) is 18.0 Å². The number of carbonyl (C=O) groups is 2.